The SMILES string of the molecule is CC(C)(C)C1CCC2(CC1)NC(=O)N(CC(=O)N(Cc1ccccc1)C1CC1)C2=O. The Morgan fingerprint density at radius 3 is 2.30 bits per heavy atom. The van der Waals surface area contributed by atoms with E-state index in [2.05, 4.69) is 26.1 Å². The summed E-state index contributed by atoms with van der Waals surface area (Å²) in [5.74, 6) is 0.175. The van der Waals surface area contributed by atoms with Crippen LogP contribution in [0.3, 0.4) is 0 Å². The number of carbonyl (C=O) groups is 3. The van der Waals surface area contributed by atoms with Gasteiger partial charge in [-0.3, -0.25) is 14.5 Å². The number of hydrogen-bond donors (Lipinski definition) is 1. The van der Waals surface area contributed by atoms with E-state index < -0.39 is 11.6 Å². The lowest BCUT2D eigenvalue weighted by atomic mass is 9.67. The van der Waals surface area contributed by atoms with Crippen LogP contribution < -0.4 is 5.32 Å². The first-order chi connectivity index (χ1) is 14.2. The normalized spacial score (nSPS) is 26.8. The third-order valence-corrected chi connectivity index (χ3v) is 7.11. The Hall–Kier alpha value is -2.37. The summed E-state index contributed by atoms with van der Waals surface area (Å²) >= 11 is 0. The lowest BCUT2D eigenvalue weighted by molar-refractivity contribution is -0.140. The summed E-state index contributed by atoms with van der Waals surface area (Å²) in [5.41, 5.74) is 0.445. The number of imide groups is 1. The van der Waals surface area contributed by atoms with Gasteiger partial charge in [0.2, 0.25) is 5.91 Å². The average Bonchev–Trinajstić information content (AvgIpc) is 3.52. The minimum Gasteiger partial charge on any atom is -0.334 e. The number of nitrogens with one attached hydrogen (secondary N) is 1. The molecule has 30 heavy (non-hydrogen) atoms. The summed E-state index contributed by atoms with van der Waals surface area (Å²) in [5, 5.41) is 2.95. The Morgan fingerprint density at radius 2 is 1.73 bits per heavy atom. The minimum absolute atomic E-state index is 0.148. The van der Waals surface area contributed by atoms with Crippen molar-refractivity contribution in [1.82, 2.24) is 15.1 Å². The Morgan fingerprint density at radius 1 is 1.10 bits per heavy atom. The highest BCUT2D eigenvalue weighted by molar-refractivity contribution is 6.09. The van der Waals surface area contributed by atoms with Gasteiger partial charge in [0.1, 0.15) is 12.1 Å². The summed E-state index contributed by atoms with van der Waals surface area (Å²) in [6, 6.07) is 9.67. The molecule has 1 heterocycles. The number of benzene rings is 1. The molecule has 6 heteroatoms. The Bertz CT molecular complexity index is 818. The van der Waals surface area contributed by atoms with E-state index in [-0.39, 0.29) is 29.8 Å². The van der Waals surface area contributed by atoms with Crippen molar-refractivity contribution < 1.29 is 14.4 Å². The first kappa shape index (κ1) is 20.9. The van der Waals surface area contributed by atoms with E-state index in [4.69, 9.17) is 0 Å². The Kier molecular flexibility index (Phi) is 5.37. The van der Waals surface area contributed by atoms with Crippen molar-refractivity contribution in [3.05, 3.63) is 35.9 Å². The van der Waals surface area contributed by atoms with Crippen LogP contribution in [0.25, 0.3) is 0 Å². The number of rotatable bonds is 5. The lowest BCUT2D eigenvalue weighted by Crippen LogP contribution is -2.51. The maximum Gasteiger partial charge on any atom is 0.325 e. The van der Waals surface area contributed by atoms with Gasteiger partial charge in [0.15, 0.2) is 0 Å². The molecule has 6 nitrogen and oxygen atoms in total. The molecule has 1 aromatic rings. The standard InChI is InChI=1S/C24H33N3O3/c1-23(2,3)18-11-13-24(14-12-18)21(29)27(22(30)25-24)16-20(28)26(19-9-10-19)15-17-7-5-4-6-8-17/h4-8,18-19H,9-16H2,1-3H3,(H,25,30). The average molecular weight is 412 g/mol. The van der Waals surface area contributed by atoms with E-state index in [0.29, 0.717) is 25.3 Å². The van der Waals surface area contributed by atoms with Crippen LogP contribution in [0.15, 0.2) is 30.3 Å². The van der Waals surface area contributed by atoms with E-state index in [1.807, 2.05) is 35.2 Å². The van der Waals surface area contributed by atoms with Crippen LogP contribution in [-0.2, 0) is 16.1 Å². The molecular formula is C24H33N3O3. The fraction of sp³-hybridized carbons (Fsp3) is 0.625. The molecule has 2 aliphatic carbocycles. The van der Waals surface area contributed by atoms with Crippen LogP contribution in [0.2, 0.25) is 0 Å². The van der Waals surface area contributed by atoms with E-state index in [1.54, 1.807) is 0 Å². The quantitative estimate of drug-likeness (QED) is 0.751. The molecule has 1 spiro atoms. The molecule has 3 fully saturated rings. The first-order valence-corrected chi connectivity index (χ1v) is 11.2. The largest absolute Gasteiger partial charge is 0.334 e. The maximum atomic E-state index is 13.2. The molecule has 162 valence electrons. The fourth-order valence-electron chi connectivity index (χ4n) is 4.95. The van der Waals surface area contributed by atoms with E-state index in [1.165, 1.54) is 0 Å². The van der Waals surface area contributed by atoms with Crippen LogP contribution >= 0.6 is 0 Å². The number of nitrogens with zero attached hydrogens (tertiary/aromatic N) is 2. The molecule has 1 saturated heterocycles. The molecule has 0 atom stereocenters. The second kappa shape index (κ2) is 7.71. The van der Waals surface area contributed by atoms with Crippen LogP contribution in [-0.4, -0.2) is 45.8 Å². The molecule has 0 radical (unpaired) electrons. The number of amides is 4. The molecule has 1 aliphatic heterocycles. The molecule has 0 bridgehead atoms. The second-order valence-corrected chi connectivity index (χ2v) is 10.3. The molecule has 4 amide bonds. The highest BCUT2D eigenvalue weighted by Crippen LogP contribution is 2.43. The molecule has 1 aromatic carbocycles. The van der Waals surface area contributed by atoms with Gasteiger partial charge in [-0.2, -0.15) is 0 Å². The van der Waals surface area contributed by atoms with Crippen molar-refractivity contribution in [2.75, 3.05) is 6.54 Å². The zero-order valence-corrected chi connectivity index (χ0v) is 18.3. The number of hydrogen-bond acceptors (Lipinski definition) is 3. The van der Waals surface area contributed by atoms with Gasteiger partial charge in [-0.05, 0) is 55.4 Å². The van der Waals surface area contributed by atoms with Crippen LogP contribution in [0.1, 0.15) is 64.9 Å². The monoisotopic (exact) mass is 411 g/mol. The minimum atomic E-state index is -0.817. The van der Waals surface area contributed by atoms with Gasteiger partial charge >= 0.3 is 6.03 Å². The predicted molar refractivity (Wildman–Crippen MR) is 114 cm³/mol. The van der Waals surface area contributed by atoms with Gasteiger partial charge in [-0.25, -0.2) is 4.79 Å². The summed E-state index contributed by atoms with van der Waals surface area (Å²) < 4.78 is 0. The maximum absolute atomic E-state index is 13.2. The Balaban J connectivity index is 1.42. The topological polar surface area (TPSA) is 69.7 Å². The first-order valence-electron chi connectivity index (χ1n) is 11.2. The predicted octanol–water partition coefficient (Wildman–Crippen LogP) is 3.70. The highest BCUT2D eigenvalue weighted by atomic mass is 16.2. The Labute approximate surface area is 179 Å². The lowest BCUT2D eigenvalue weighted by Gasteiger charge is -2.40. The third-order valence-electron chi connectivity index (χ3n) is 7.11. The molecule has 2 saturated carbocycles. The molecule has 0 aromatic heterocycles. The molecule has 0 unspecified atom stereocenters. The third kappa shape index (κ3) is 4.09. The van der Waals surface area contributed by atoms with Gasteiger partial charge in [0.05, 0.1) is 0 Å². The molecular weight excluding hydrogens is 378 g/mol. The van der Waals surface area contributed by atoms with Crippen molar-refractivity contribution >= 4 is 17.8 Å². The molecule has 1 N–H and O–H groups in total. The van der Waals surface area contributed by atoms with Crippen LogP contribution in [0.5, 0.6) is 0 Å². The number of carbonyl (C=O) groups excluding carboxylic acids is 3. The second-order valence-electron chi connectivity index (χ2n) is 10.3. The van der Waals surface area contributed by atoms with Gasteiger partial charge in [-0.15, -0.1) is 0 Å². The smallest absolute Gasteiger partial charge is 0.325 e. The molecule has 3 aliphatic rings. The fourth-order valence-corrected chi connectivity index (χ4v) is 4.95. The summed E-state index contributed by atoms with van der Waals surface area (Å²) in [7, 11) is 0. The van der Waals surface area contributed by atoms with Crippen LogP contribution in [0, 0.1) is 11.3 Å². The highest BCUT2D eigenvalue weighted by Gasteiger charge is 2.54. The summed E-state index contributed by atoms with van der Waals surface area (Å²) in [4.78, 5) is 42.0. The van der Waals surface area contributed by atoms with Gasteiger partial charge in [0.25, 0.3) is 5.91 Å². The molecule has 4 rings (SSSR count). The van der Waals surface area contributed by atoms with E-state index >= 15 is 0 Å². The summed E-state index contributed by atoms with van der Waals surface area (Å²) in [6.07, 6.45) is 5.10. The van der Waals surface area contributed by atoms with Gasteiger partial charge < -0.3 is 10.2 Å². The zero-order valence-electron chi connectivity index (χ0n) is 18.3. The summed E-state index contributed by atoms with van der Waals surface area (Å²) in [6.45, 7) is 7.05. The van der Waals surface area contributed by atoms with E-state index in [9.17, 15) is 14.4 Å². The van der Waals surface area contributed by atoms with Gasteiger partial charge in [0, 0.05) is 12.6 Å². The number of urea groups is 1. The zero-order chi connectivity index (χ0) is 21.5. The van der Waals surface area contributed by atoms with Gasteiger partial charge in [-0.1, -0.05) is 51.1 Å². The van der Waals surface area contributed by atoms with Crippen molar-refractivity contribution in [2.24, 2.45) is 11.3 Å². The van der Waals surface area contributed by atoms with Crippen molar-refractivity contribution in [1.29, 1.82) is 0 Å². The van der Waals surface area contributed by atoms with Crippen LogP contribution in [0.4, 0.5) is 4.79 Å². The van der Waals surface area contributed by atoms with Crippen molar-refractivity contribution in [3.8, 4) is 0 Å². The van der Waals surface area contributed by atoms with Crippen molar-refractivity contribution in [3.63, 3.8) is 0 Å². The van der Waals surface area contributed by atoms with Crippen molar-refractivity contribution in [2.45, 2.75) is 77.4 Å². The van der Waals surface area contributed by atoms with E-state index in [0.717, 1.165) is 36.1 Å².